The molecule has 5 heteroatoms. The van der Waals surface area contributed by atoms with Gasteiger partial charge in [-0.15, -0.1) is 0 Å². The summed E-state index contributed by atoms with van der Waals surface area (Å²) >= 11 is 0. The Balaban J connectivity index is 1.74. The topological polar surface area (TPSA) is 59.5 Å². The predicted octanol–water partition coefficient (Wildman–Crippen LogP) is 3.15. The van der Waals surface area contributed by atoms with Gasteiger partial charge in [0.05, 0.1) is 6.21 Å². The van der Waals surface area contributed by atoms with Crippen LogP contribution < -0.4 is 5.43 Å². The largest absolute Gasteiger partial charge is 0.451 e. The van der Waals surface area contributed by atoms with Crippen molar-refractivity contribution in [2.75, 3.05) is 0 Å². The number of hydrogen-bond acceptors (Lipinski definition) is 3. The molecule has 2 aromatic heterocycles. The molecule has 5 nitrogen and oxygen atoms in total. The zero-order valence-corrected chi connectivity index (χ0v) is 12.8. The number of hydrogen-bond donors (Lipinski definition) is 1. The Bertz CT molecular complexity index is 838. The summed E-state index contributed by atoms with van der Waals surface area (Å²) in [4.78, 5) is 12.0. The number of fused-ring (bicyclic) bond motifs is 1. The van der Waals surface area contributed by atoms with E-state index in [4.69, 9.17) is 4.42 Å². The molecule has 0 saturated heterocycles. The monoisotopic (exact) mass is 295 g/mol. The second kappa shape index (κ2) is 5.52. The fraction of sp³-hybridized carbons (Fsp3) is 0.176. The molecule has 1 N–H and O–H groups in total. The molecule has 1 aromatic carbocycles. The average molecular weight is 295 g/mol. The van der Waals surface area contributed by atoms with E-state index >= 15 is 0 Å². The third kappa shape index (κ3) is 2.53. The summed E-state index contributed by atoms with van der Waals surface area (Å²) in [5, 5.41) is 4.90. The summed E-state index contributed by atoms with van der Waals surface area (Å²) in [5.41, 5.74) is 6.39. The summed E-state index contributed by atoms with van der Waals surface area (Å²) in [5.74, 6) is -0.114. The zero-order valence-electron chi connectivity index (χ0n) is 12.8. The molecule has 3 rings (SSSR count). The van der Waals surface area contributed by atoms with Crippen LogP contribution in [0.15, 0.2) is 45.9 Å². The maximum Gasteiger partial charge on any atom is 0.307 e. The van der Waals surface area contributed by atoms with Gasteiger partial charge >= 0.3 is 5.91 Å². The number of hydrazone groups is 1. The van der Waals surface area contributed by atoms with Crippen LogP contribution >= 0.6 is 0 Å². The molecule has 22 heavy (non-hydrogen) atoms. The van der Waals surface area contributed by atoms with Crippen LogP contribution in [0.25, 0.3) is 11.0 Å². The van der Waals surface area contributed by atoms with E-state index in [0.717, 1.165) is 22.3 Å². The van der Waals surface area contributed by atoms with Crippen molar-refractivity contribution in [2.45, 2.75) is 13.8 Å². The van der Waals surface area contributed by atoms with Crippen LogP contribution in [-0.2, 0) is 7.05 Å². The van der Waals surface area contributed by atoms with Gasteiger partial charge in [0, 0.05) is 29.4 Å². The molecule has 0 unspecified atom stereocenters. The number of furan rings is 1. The van der Waals surface area contributed by atoms with Gasteiger partial charge < -0.3 is 8.98 Å². The maximum absolute atomic E-state index is 12.0. The van der Waals surface area contributed by atoms with E-state index in [9.17, 15) is 4.79 Å². The molecule has 0 bridgehead atoms. The lowest BCUT2D eigenvalue weighted by atomic mass is 10.2. The zero-order chi connectivity index (χ0) is 15.7. The molecule has 0 atom stereocenters. The van der Waals surface area contributed by atoms with Crippen molar-refractivity contribution < 1.29 is 9.21 Å². The Morgan fingerprint density at radius 2 is 2.05 bits per heavy atom. The highest BCUT2D eigenvalue weighted by molar-refractivity contribution is 5.96. The highest BCUT2D eigenvalue weighted by atomic mass is 16.3. The van der Waals surface area contributed by atoms with Gasteiger partial charge in [0.2, 0.25) is 0 Å². The summed E-state index contributed by atoms with van der Waals surface area (Å²) in [6, 6.07) is 11.2. The molecular weight excluding hydrogens is 278 g/mol. The summed E-state index contributed by atoms with van der Waals surface area (Å²) in [7, 11) is 2.00. The van der Waals surface area contributed by atoms with Gasteiger partial charge in [0.25, 0.3) is 0 Å². The van der Waals surface area contributed by atoms with E-state index in [-0.39, 0.29) is 11.7 Å². The smallest absolute Gasteiger partial charge is 0.307 e. The first-order valence-corrected chi connectivity index (χ1v) is 7.01. The lowest BCUT2D eigenvalue weighted by Crippen LogP contribution is -2.16. The number of rotatable bonds is 3. The molecule has 0 fully saturated rings. The van der Waals surface area contributed by atoms with Crippen molar-refractivity contribution in [3.63, 3.8) is 0 Å². The van der Waals surface area contributed by atoms with Gasteiger partial charge in [-0.25, -0.2) is 5.43 Å². The first kappa shape index (κ1) is 14.1. The Labute approximate surface area is 128 Å². The van der Waals surface area contributed by atoms with Gasteiger partial charge in [-0.05, 0) is 32.0 Å². The fourth-order valence-corrected chi connectivity index (χ4v) is 2.32. The van der Waals surface area contributed by atoms with E-state index in [0.29, 0.717) is 5.58 Å². The van der Waals surface area contributed by atoms with E-state index in [1.807, 2.05) is 51.2 Å². The van der Waals surface area contributed by atoms with Crippen molar-refractivity contribution >= 4 is 23.1 Å². The van der Waals surface area contributed by atoms with Crippen LogP contribution in [0.1, 0.15) is 27.5 Å². The number of carbonyl (C=O) groups excluding carboxylic acids is 1. The summed E-state index contributed by atoms with van der Waals surface area (Å²) < 4.78 is 7.56. The third-order valence-electron chi connectivity index (χ3n) is 3.83. The molecule has 0 aliphatic heterocycles. The average Bonchev–Trinajstić information content (AvgIpc) is 3.05. The minimum atomic E-state index is -0.363. The Kier molecular flexibility index (Phi) is 3.55. The van der Waals surface area contributed by atoms with E-state index in [1.54, 1.807) is 12.3 Å². The first-order chi connectivity index (χ1) is 10.6. The molecular formula is C17H17N3O2. The molecule has 112 valence electrons. The maximum atomic E-state index is 12.0. The highest BCUT2D eigenvalue weighted by Crippen LogP contribution is 2.18. The molecule has 0 spiro atoms. The van der Waals surface area contributed by atoms with Crippen molar-refractivity contribution in [3.8, 4) is 0 Å². The van der Waals surface area contributed by atoms with E-state index in [1.165, 1.54) is 0 Å². The lowest BCUT2D eigenvalue weighted by molar-refractivity contribution is 0.0929. The molecule has 0 radical (unpaired) electrons. The predicted molar refractivity (Wildman–Crippen MR) is 86.2 cm³/mol. The summed E-state index contributed by atoms with van der Waals surface area (Å²) in [6.07, 6.45) is 1.64. The van der Waals surface area contributed by atoms with Crippen molar-refractivity contribution in [3.05, 3.63) is 59.1 Å². The van der Waals surface area contributed by atoms with Crippen molar-refractivity contribution in [1.82, 2.24) is 9.99 Å². The van der Waals surface area contributed by atoms with Crippen LogP contribution in [-0.4, -0.2) is 16.7 Å². The minimum absolute atomic E-state index is 0.249. The standard InChI is InChI=1S/C17H17N3O2/c1-11-8-14(12(2)20(11)3)10-18-19-17(21)16-9-13-6-4-5-7-15(13)22-16/h4-10H,1-3H3,(H,19,21)/b18-10-. The lowest BCUT2D eigenvalue weighted by Gasteiger charge is -1.99. The normalized spacial score (nSPS) is 11.4. The Morgan fingerprint density at radius 3 is 2.73 bits per heavy atom. The van der Waals surface area contributed by atoms with E-state index < -0.39 is 0 Å². The van der Waals surface area contributed by atoms with Crippen LogP contribution in [0.3, 0.4) is 0 Å². The van der Waals surface area contributed by atoms with Gasteiger partial charge in [0.15, 0.2) is 5.76 Å². The number of carbonyl (C=O) groups is 1. The highest BCUT2D eigenvalue weighted by Gasteiger charge is 2.11. The SMILES string of the molecule is Cc1cc(/C=N\NC(=O)c2cc3ccccc3o2)c(C)n1C. The number of aryl methyl sites for hydroxylation is 1. The first-order valence-electron chi connectivity index (χ1n) is 7.01. The van der Waals surface area contributed by atoms with Crippen LogP contribution in [0, 0.1) is 13.8 Å². The molecule has 0 saturated carbocycles. The second-order valence-electron chi connectivity index (χ2n) is 5.23. The minimum Gasteiger partial charge on any atom is -0.451 e. The quantitative estimate of drug-likeness (QED) is 0.596. The number of amides is 1. The molecule has 0 aliphatic rings. The molecule has 1 amide bonds. The Morgan fingerprint density at radius 1 is 1.27 bits per heavy atom. The fourth-order valence-electron chi connectivity index (χ4n) is 2.32. The number of nitrogens with one attached hydrogen (secondary N) is 1. The van der Waals surface area contributed by atoms with Gasteiger partial charge in [-0.2, -0.15) is 5.10 Å². The molecule has 0 aliphatic carbocycles. The van der Waals surface area contributed by atoms with Gasteiger partial charge in [0.1, 0.15) is 5.58 Å². The molecule has 2 heterocycles. The molecule has 3 aromatic rings. The third-order valence-corrected chi connectivity index (χ3v) is 3.83. The van der Waals surface area contributed by atoms with E-state index in [2.05, 4.69) is 15.1 Å². The summed E-state index contributed by atoms with van der Waals surface area (Å²) in [6.45, 7) is 4.03. The van der Waals surface area contributed by atoms with Crippen molar-refractivity contribution in [2.24, 2.45) is 12.1 Å². The van der Waals surface area contributed by atoms with Crippen LogP contribution in [0.4, 0.5) is 0 Å². The number of nitrogens with zero attached hydrogens (tertiary/aromatic N) is 2. The van der Waals surface area contributed by atoms with Gasteiger partial charge in [-0.1, -0.05) is 18.2 Å². The number of aromatic nitrogens is 1. The van der Waals surface area contributed by atoms with Gasteiger partial charge in [-0.3, -0.25) is 4.79 Å². The van der Waals surface area contributed by atoms with Crippen molar-refractivity contribution in [1.29, 1.82) is 0 Å². The van der Waals surface area contributed by atoms with Crippen LogP contribution in [0.2, 0.25) is 0 Å². The Hall–Kier alpha value is -2.82. The number of benzene rings is 1. The number of para-hydroxylation sites is 1. The van der Waals surface area contributed by atoms with Crippen LogP contribution in [0.5, 0.6) is 0 Å². The second-order valence-corrected chi connectivity index (χ2v) is 5.23.